The molecule has 3 aliphatic rings. The fraction of sp³-hybridized carbons (Fsp3) is 0.731. The molecular weight excluding hydrogens is 420 g/mol. The van der Waals surface area contributed by atoms with Crippen molar-refractivity contribution in [1.29, 1.82) is 0 Å². The number of carbonyl (C=O) groups is 1. The summed E-state index contributed by atoms with van der Waals surface area (Å²) in [6, 6.07) is 10.2. The minimum atomic E-state index is -2.06. The molecule has 0 unspecified atom stereocenters. The second-order valence-electron chi connectivity index (χ2n) is 11.6. The molecule has 1 spiro atoms. The molecule has 2 heterocycles. The van der Waals surface area contributed by atoms with Crippen molar-refractivity contribution >= 4 is 14.3 Å². The van der Waals surface area contributed by atoms with E-state index in [1.807, 2.05) is 18.2 Å². The Bertz CT molecular complexity index is 819. The van der Waals surface area contributed by atoms with Crippen molar-refractivity contribution < 1.29 is 23.4 Å². The van der Waals surface area contributed by atoms with Crippen LogP contribution in [0.1, 0.15) is 65.4 Å². The molecule has 1 aromatic carbocycles. The molecule has 1 aliphatic carbocycles. The Labute approximate surface area is 194 Å². The minimum absolute atomic E-state index is 0.0690. The quantitative estimate of drug-likeness (QED) is 0.407. The second kappa shape index (κ2) is 8.53. The number of hydrogen-bond donors (Lipinski definition) is 0. The molecule has 1 saturated carbocycles. The maximum absolute atomic E-state index is 12.6. The first-order valence-corrected chi connectivity index (χ1v) is 15.1. The van der Waals surface area contributed by atoms with Gasteiger partial charge in [-0.1, -0.05) is 63.9 Å². The van der Waals surface area contributed by atoms with Gasteiger partial charge < -0.3 is 18.6 Å². The van der Waals surface area contributed by atoms with E-state index in [1.54, 1.807) is 0 Å². The van der Waals surface area contributed by atoms with Crippen LogP contribution in [0.3, 0.4) is 0 Å². The zero-order valence-electron chi connectivity index (χ0n) is 20.6. The Morgan fingerprint density at radius 3 is 2.50 bits per heavy atom. The van der Waals surface area contributed by atoms with Crippen LogP contribution in [0.2, 0.25) is 18.1 Å². The van der Waals surface area contributed by atoms with E-state index in [2.05, 4.69) is 52.9 Å². The first kappa shape index (κ1) is 23.9. The van der Waals surface area contributed by atoms with Crippen molar-refractivity contribution in [1.82, 2.24) is 0 Å². The number of ether oxygens (including phenoxy) is 3. The maximum Gasteiger partial charge on any atom is 0.309 e. The number of hydrogen-bond acceptors (Lipinski definition) is 5. The zero-order chi connectivity index (χ0) is 23.2. The summed E-state index contributed by atoms with van der Waals surface area (Å²) in [6.45, 7) is 14.5. The Kier molecular flexibility index (Phi) is 6.38. The lowest BCUT2D eigenvalue weighted by atomic mass is 9.73. The first-order valence-electron chi connectivity index (χ1n) is 12.2. The van der Waals surface area contributed by atoms with E-state index < -0.39 is 19.5 Å². The van der Waals surface area contributed by atoms with Gasteiger partial charge in [-0.3, -0.25) is 4.79 Å². The van der Waals surface area contributed by atoms with Gasteiger partial charge >= 0.3 is 5.97 Å². The summed E-state index contributed by atoms with van der Waals surface area (Å²) in [6.07, 6.45) is 3.97. The first-order chi connectivity index (χ1) is 15.0. The molecule has 0 amide bonds. The molecule has 2 aliphatic heterocycles. The molecule has 1 aromatic rings. The van der Waals surface area contributed by atoms with E-state index in [0.29, 0.717) is 19.6 Å². The molecule has 0 bridgehead atoms. The highest BCUT2D eigenvalue weighted by molar-refractivity contribution is 6.74. The lowest BCUT2D eigenvalue weighted by Crippen LogP contribution is -2.59. The molecule has 5 nitrogen and oxygen atoms in total. The summed E-state index contributed by atoms with van der Waals surface area (Å²) in [7, 11) is -2.06. The van der Waals surface area contributed by atoms with Crippen LogP contribution in [0, 0.1) is 5.92 Å². The van der Waals surface area contributed by atoms with Gasteiger partial charge in [-0.05, 0) is 43.5 Å². The summed E-state index contributed by atoms with van der Waals surface area (Å²) in [5.41, 5.74) is -0.0524. The minimum Gasteiger partial charge on any atom is -0.453 e. The van der Waals surface area contributed by atoms with Crippen molar-refractivity contribution in [2.45, 2.75) is 108 Å². The summed E-state index contributed by atoms with van der Waals surface area (Å²) in [5, 5.41) is 0.0884. The predicted molar refractivity (Wildman–Crippen MR) is 127 cm³/mol. The van der Waals surface area contributed by atoms with E-state index in [9.17, 15) is 4.79 Å². The van der Waals surface area contributed by atoms with Crippen LogP contribution in [0.25, 0.3) is 0 Å². The van der Waals surface area contributed by atoms with Crippen molar-refractivity contribution in [2.24, 2.45) is 5.92 Å². The van der Waals surface area contributed by atoms with Crippen molar-refractivity contribution in [3.05, 3.63) is 35.9 Å². The monoisotopic (exact) mass is 460 g/mol. The van der Waals surface area contributed by atoms with Gasteiger partial charge in [0.05, 0.1) is 31.3 Å². The lowest BCUT2D eigenvalue weighted by molar-refractivity contribution is -0.166. The fourth-order valence-electron chi connectivity index (χ4n) is 5.63. The van der Waals surface area contributed by atoms with Crippen LogP contribution < -0.4 is 0 Å². The third-order valence-corrected chi connectivity index (χ3v) is 12.8. The molecule has 5 atom stereocenters. The van der Waals surface area contributed by atoms with Crippen LogP contribution >= 0.6 is 0 Å². The number of benzene rings is 1. The third kappa shape index (κ3) is 4.20. The molecule has 32 heavy (non-hydrogen) atoms. The van der Waals surface area contributed by atoms with Crippen molar-refractivity contribution in [3.63, 3.8) is 0 Å². The average Bonchev–Trinajstić information content (AvgIpc) is 3.04. The van der Waals surface area contributed by atoms with Gasteiger partial charge in [0, 0.05) is 5.92 Å². The standard InChI is InChI=1S/C26H40O5Si/c1-24(2,3)32(5,6)31-21-15-11-10-14-20-25(4,18-28-17-19-12-8-7-9-13-19)29-22-16-23(27)30-26(20,21)22/h7-9,12-13,20-22H,10-11,14-18H2,1-6H3/t20-,21+,22+,25-,26-/m0/s1. The predicted octanol–water partition coefficient (Wildman–Crippen LogP) is 5.63. The van der Waals surface area contributed by atoms with E-state index in [4.69, 9.17) is 18.6 Å². The SMILES string of the molecule is CC(C)(C)[Si](C)(C)O[C@@H]1CCCC[C@@H]2[C@]13OC(=O)C[C@H]3O[C@@]2(C)COCc1ccccc1. The molecular formula is C26H40O5Si. The van der Waals surface area contributed by atoms with E-state index in [1.165, 1.54) is 0 Å². The topological polar surface area (TPSA) is 54.0 Å². The van der Waals surface area contributed by atoms with E-state index >= 15 is 0 Å². The molecule has 2 saturated heterocycles. The van der Waals surface area contributed by atoms with E-state index in [0.717, 1.165) is 31.2 Å². The third-order valence-electron chi connectivity index (χ3n) is 8.29. The molecule has 3 fully saturated rings. The second-order valence-corrected chi connectivity index (χ2v) is 16.4. The number of esters is 1. The molecule has 0 N–H and O–H groups in total. The maximum atomic E-state index is 12.6. The molecule has 4 rings (SSSR count). The van der Waals surface area contributed by atoms with Gasteiger partial charge in [-0.2, -0.15) is 0 Å². The fourth-order valence-corrected chi connectivity index (χ4v) is 6.99. The zero-order valence-corrected chi connectivity index (χ0v) is 21.6. The van der Waals surface area contributed by atoms with Gasteiger partial charge in [0.1, 0.15) is 6.10 Å². The smallest absolute Gasteiger partial charge is 0.309 e. The average molecular weight is 461 g/mol. The Morgan fingerprint density at radius 2 is 1.81 bits per heavy atom. The Hall–Kier alpha value is -1.21. The molecule has 0 aromatic heterocycles. The van der Waals surface area contributed by atoms with Crippen LogP contribution in [0.4, 0.5) is 0 Å². The molecule has 178 valence electrons. The highest BCUT2D eigenvalue weighted by Crippen LogP contribution is 2.57. The molecule has 6 heteroatoms. The van der Waals surface area contributed by atoms with Gasteiger partial charge in [0.2, 0.25) is 0 Å². The molecule has 0 radical (unpaired) electrons. The van der Waals surface area contributed by atoms with E-state index in [-0.39, 0.29) is 29.1 Å². The normalized spacial score (nSPS) is 35.2. The summed E-state index contributed by atoms with van der Waals surface area (Å²) < 4.78 is 26.1. The van der Waals surface area contributed by atoms with Gasteiger partial charge in [0.25, 0.3) is 0 Å². The lowest BCUT2D eigenvalue weighted by Gasteiger charge is -2.46. The summed E-state index contributed by atoms with van der Waals surface area (Å²) >= 11 is 0. The number of carbonyl (C=O) groups excluding carboxylic acids is 1. The van der Waals surface area contributed by atoms with Gasteiger partial charge in [0.15, 0.2) is 13.9 Å². The Morgan fingerprint density at radius 1 is 1.12 bits per heavy atom. The van der Waals surface area contributed by atoms with Gasteiger partial charge in [-0.25, -0.2) is 0 Å². The van der Waals surface area contributed by atoms with Crippen LogP contribution in [-0.2, 0) is 30.0 Å². The number of rotatable bonds is 6. The summed E-state index contributed by atoms with van der Waals surface area (Å²) in [4.78, 5) is 12.6. The van der Waals surface area contributed by atoms with Crippen molar-refractivity contribution in [2.75, 3.05) is 6.61 Å². The largest absolute Gasteiger partial charge is 0.453 e. The highest BCUT2D eigenvalue weighted by Gasteiger charge is 2.71. The highest BCUT2D eigenvalue weighted by atomic mass is 28.4. The van der Waals surface area contributed by atoms with Crippen LogP contribution in [-0.4, -0.2) is 44.3 Å². The van der Waals surface area contributed by atoms with Crippen LogP contribution in [0.15, 0.2) is 30.3 Å². The summed E-state index contributed by atoms with van der Waals surface area (Å²) in [5.74, 6) is -0.0857. The Balaban J connectivity index is 1.60. The van der Waals surface area contributed by atoms with Crippen molar-refractivity contribution in [3.8, 4) is 0 Å². The van der Waals surface area contributed by atoms with Crippen LogP contribution in [0.5, 0.6) is 0 Å². The van der Waals surface area contributed by atoms with Gasteiger partial charge in [-0.15, -0.1) is 0 Å².